The van der Waals surface area contributed by atoms with E-state index in [0.717, 1.165) is 0 Å². The van der Waals surface area contributed by atoms with Gasteiger partial charge in [-0.25, -0.2) is 0 Å². The summed E-state index contributed by atoms with van der Waals surface area (Å²) in [5.74, 6) is -5.69. The van der Waals surface area contributed by atoms with Crippen LogP contribution < -0.4 is 5.73 Å². The van der Waals surface area contributed by atoms with E-state index < -0.39 is 30.3 Å². The van der Waals surface area contributed by atoms with Gasteiger partial charge in [-0.1, -0.05) is 0 Å². The van der Waals surface area contributed by atoms with Crippen molar-refractivity contribution in [2.24, 2.45) is 11.7 Å². The number of hydrogen-bond donors (Lipinski definition) is 1. The molecule has 0 aromatic rings. The summed E-state index contributed by atoms with van der Waals surface area (Å²) in [4.78, 5) is 10.5. The Labute approximate surface area is 92.3 Å². The van der Waals surface area contributed by atoms with Gasteiger partial charge in [-0.3, -0.25) is 4.79 Å². The van der Waals surface area contributed by atoms with Gasteiger partial charge in [0.25, 0.3) is 0 Å². The molecule has 0 aliphatic rings. The van der Waals surface area contributed by atoms with Gasteiger partial charge in [0.15, 0.2) is 5.92 Å². The fourth-order valence-corrected chi connectivity index (χ4v) is 0.865. The fourth-order valence-electron chi connectivity index (χ4n) is 0.865. The number of rotatable bonds is 2. The molecule has 10 heteroatoms. The molecule has 3 nitrogen and oxygen atoms in total. The predicted molar refractivity (Wildman–Crippen MR) is 42.8 cm³/mol. The molecule has 0 unspecified atom stereocenters. The molecule has 0 saturated heterocycles. The number of methoxy groups -OCH3 is 1. The zero-order valence-electron chi connectivity index (χ0n) is 7.72. The van der Waals surface area contributed by atoms with E-state index in [0.29, 0.717) is 7.11 Å². The number of halogens is 7. The molecule has 1 atom stereocenters. The first-order chi connectivity index (χ1) is 6.51. The summed E-state index contributed by atoms with van der Waals surface area (Å²) >= 11 is 0. The quantitative estimate of drug-likeness (QED) is 0.616. The molecule has 0 spiro atoms. The van der Waals surface area contributed by atoms with Crippen LogP contribution in [0.15, 0.2) is 0 Å². The maximum absolute atomic E-state index is 12.0. The maximum atomic E-state index is 12.0. The average Bonchev–Trinajstić information content (AvgIpc) is 1.97. The first kappa shape index (κ1) is 17.7. The molecule has 98 valence electrons. The van der Waals surface area contributed by atoms with Gasteiger partial charge in [-0.2, -0.15) is 26.3 Å². The second-order valence-corrected chi connectivity index (χ2v) is 2.61. The number of nitrogens with two attached hydrogens (primary N) is 1. The van der Waals surface area contributed by atoms with Gasteiger partial charge in [-0.05, 0) is 0 Å². The molecule has 0 rings (SSSR count). The second kappa shape index (κ2) is 5.58. The molecule has 0 heterocycles. The zero-order chi connectivity index (χ0) is 12.4. The van der Waals surface area contributed by atoms with E-state index in [1.165, 1.54) is 0 Å². The minimum absolute atomic E-state index is 0. The second-order valence-electron chi connectivity index (χ2n) is 2.61. The lowest BCUT2D eigenvalue weighted by Gasteiger charge is -2.26. The van der Waals surface area contributed by atoms with Crippen molar-refractivity contribution in [3.8, 4) is 0 Å². The summed E-state index contributed by atoms with van der Waals surface area (Å²) in [5, 5.41) is 0. The van der Waals surface area contributed by atoms with Gasteiger partial charge >= 0.3 is 18.3 Å². The van der Waals surface area contributed by atoms with E-state index in [2.05, 4.69) is 10.5 Å². The zero-order valence-corrected chi connectivity index (χ0v) is 8.54. The average molecular weight is 276 g/mol. The third-order valence-corrected chi connectivity index (χ3v) is 1.54. The van der Waals surface area contributed by atoms with E-state index in [1.807, 2.05) is 0 Å². The first-order valence-electron chi connectivity index (χ1n) is 3.48. The Morgan fingerprint density at radius 3 is 1.62 bits per heavy atom. The minimum atomic E-state index is -5.65. The molecule has 0 aromatic carbocycles. The van der Waals surface area contributed by atoms with Gasteiger partial charge < -0.3 is 10.5 Å². The van der Waals surface area contributed by atoms with Gasteiger partial charge in [0.2, 0.25) is 0 Å². The molecular formula is C6H8ClF6NO2. The number of ether oxygens (including phenoxy) is 1. The summed E-state index contributed by atoms with van der Waals surface area (Å²) < 4.78 is 75.5. The number of esters is 1. The third-order valence-electron chi connectivity index (χ3n) is 1.54. The monoisotopic (exact) mass is 275 g/mol. The number of carbonyl (C=O) groups is 1. The van der Waals surface area contributed by atoms with Gasteiger partial charge in [-0.15, -0.1) is 12.4 Å². The predicted octanol–water partition coefficient (Wildman–Crippen LogP) is 1.65. The Hall–Kier alpha value is -0.700. The van der Waals surface area contributed by atoms with Crippen LogP contribution in [0.1, 0.15) is 0 Å². The molecule has 2 N–H and O–H groups in total. The topological polar surface area (TPSA) is 52.3 Å². The standard InChI is InChI=1S/C6H7F6NO2.ClH/c1-15-4(14)2(13)3(5(7,8)9)6(10,11)12;/h2-3H,13H2,1H3;1H/t2-;/m1./s1. The van der Waals surface area contributed by atoms with E-state index in [4.69, 9.17) is 0 Å². The fraction of sp³-hybridized carbons (Fsp3) is 0.833. The van der Waals surface area contributed by atoms with E-state index in [1.54, 1.807) is 0 Å². The van der Waals surface area contributed by atoms with Crippen LogP contribution in [0.3, 0.4) is 0 Å². The highest BCUT2D eigenvalue weighted by Crippen LogP contribution is 2.40. The Morgan fingerprint density at radius 2 is 1.44 bits per heavy atom. The lowest BCUT2D eigenvalue weighted by Crippen LogP contribution is -2.52. The summed E-state index contributed by atoms with van der Waals surface area (Å²) in [5.41, 5.74) is 4.53. The molecular weight excluding hydrogens is 268 g/mol. The number of alkyl halides is 6. The Morgan fingerprint density at radius 1 is 1.12 bits per heavy atom. The first-order valence-corrected chi connectivity index (χ1v) is 3.48. The molecule has 0 aromatic heterocycles. The van der Waals surface area contributed by atoms with Crippen molar-refractivity contribution in [1.82, 2.24) is 0 Å². The van der Waals surface area contributed by atoms with Crippen molar-refractivity contribution in [3.63, 3.8) is 0 Å². The van der Waals surface area contributed by atoms with Crippen LogP contribution in [0.25, 0.3) is 0 Å². The van der Waals surface area contributed by atoms with Crippen molar-refractivity contribution in [2.45, 2.75) is 18.4 Å². The van der Waals surface area contributed by atoms with Crippen LogP contribution in [0, 0.1) is 5.92 Å². The normalized spacial score (nSPS) is 14.3. The molecule has 0 aliphatic heterocycles. The van der Waals surface area contributed by atoms with Crippen molar-refractivity contribution >= 4 is 18.4 Å². The Balaban J connectivity index is 0. The smallest absolute Gasteiger partial charge is 0.402 e. The highest BCUT2D eigenvalue weighted by molar-refractivity contribution is 5.85. The summed E-state index contributed by atoms with van der Waals surface area (Å²) in [7, 11) is 0.645. The van der Waals surface area contributed by atoms with Crippen molar-refractivity contribution < 1.29 is 35.9 Å². The highest BCUT2D eigenvalue weighted by atomic mass is 35.5. The number of hydrogen-bond acceptors (Lipinski definition) is 3. The van der Waals surface area contributed by atoms with E-state index in [9.17, 15) is 31.1 Å². The van der Waals surface area contributed by atoms with Gasteiger partial charge in [0.05, 0.1) is 7.11 Å². The molecule has 0 aliphatic carbocycles. The van der Waals surface area contributed by atoms with Crippen LogP contribution in [0.4, 0.5) is 26.3 Å². The number of carbonyl (C=O) groups excluding carboxylic acids is 1. The molecule has 0 bridgehead atoms. The van der Waals surface area contributed by atoms with Crippen LogP contribution in [-0.2, 0) is 9.53 Å². The molecule has 16 heavy (non-hydrogen) atoms. The minimum Gasteiger partial charge on any atom is -0.468 e. The van der Waals surface area contributed by atoms with Crippen LogP contribution >= 0.6 is 12.4 Å². The van der Waals surface area contributed by atoms with Gasteiger partial charge in [0.1, 0.15) is 6.04 Å². The third kappa shape index (κ3) is 4.44. The Kier molecular flexibility index (Phi) is 6.16. The largest absolute Gasteiger partial charge is 0.468 e. The van der Waals surface area contributed by atoms with Crippen molar-refractivity contribution in [3.05, 3.63) is 0 Å². The summed E-state index contributed by atoms with van der Waals surface area (Å²) in [6.07, 6.45) is -11.3. The van der Waals surface area contributed by atoms with Crippen LogP contribution in [-0.4, -0.2) is 31.5 Å². The van der Waals surface area contributed by atoms with E-state index >= 15 is 0 Å². The van der Waals surface area contributed by atoms with Crippen molar-refractivity contribution in [1.29, 1.82) is 0 Å². The lowest BCUT2D eigenvalue weighted by atomic mass is 9.99. The van der Waals surface area contributed by atoms with Crippen molar-refractivity contribution in [2.75, 3.05) is 7.11 Å². The highest BCUT2D eigenvalue weighted by Gasteiger charge is 2.61. The summed E-state index contributed by atoms with van der Waals surface area (Å²) in [6, 6.07) is -2.81. The van der Waals surface area contributed by atoms with Gasteiger partial charge in [0, 0.05) is 0 Å². The lowest BCUT2D eigenvalue weighted by molar-refractivity contribution is -0.289. The Bertz CT molecular complexity index is 226. The maximum Gasteiger partial charge on any atom is 0.402 e. The SMILES string of the molecule is COC(=O)[C@H](N)C(C(F)(F)F)C(F)(F)F.Cl. The van der Waals surface area contributed by atoms with E-state index in [-0.39, 0.29) is 12.4 Å². The summed E-state index contributed by atoms with van der Waals surface area (Å²) in [6.45, 7) is 0. The van der Waals surface area contributed by atoms with Crippen LogP contribution in [0.2, 0.25) is 0 Å². The molecule has 0 fully saturated rings. The molecule has 0 radical (unpaired) electrons. The van der Waals surface area contributed by atoms with Crippen LogP contribution in [0.5, 0.6) is 0 Å². The molecule has 0 saturated carbocycles. The molecule has 0 amide bonds.